The molecule has 0 unspecified atom stereocenters. The van der Waals surface area contributed by atoms with E-state index >= 15 is 0 Å². The molecule has 1 saturated carbocycles. The molecule has 0 amide bonds. The fourth-order valence-corrected chi connectivity index (χ4v) is 2.18. The lowest BCUT2D eigenvalue weighted by Crippen LogP contribution is -2.01. The summed E-state index contributed by atoms with van der Waals surface area (Å²) in [4.78, 5) is 4.71. The van der Waals surface area contributed by atoms with E-state index in [0.717, 1.165) is 22.2 Å². The van der Waals surface area contributed by atoms with Crippen LogP contribution in [0.4, 0.5) is 0 Å². The van der Waals surface area contributed by atoms with Gasteiger partial charge in [-0.25, -0.2) is 0 Å². The Kier molecular flexibility index (Phi) is 2.48. The van der Waals surface area contributed by atoms with Crippen molar-refractivity contribution in [2.45, 2.75) is 25.3 Å². The highest BCUT2D eigenvalue weighted by atomic mass is 16.5. The summed E-state index contributed by atoms with van der Waals surface area (Å²) in [5.74, 6) is 1.51. The molecule has 1 fully saturated rings. The lowest BCUT2D eigenvalue weighted by Gasteiger charge is -2.09. The Balaban J connectivity index is 2.20. The third-order valence-electron chi connectivity index (χ3n) is 3.34. The van der Waals surface area contributed by atoms with Gasteiger partial charge in [0.1, 0.15) is 5.75 Å². The molecule has 1 aromatic heterocycles. The van der Waals surface area contributed by atoms with Crippen molar-refractivity contribution < 1.29 is 4.74 Å². The van der Waals surface area contributed by atoms with Crippen LogP contribution in [-0.2, 0) is 6.54 Å². The summed E-state index contributed by atoms with van der Waals surface area (Å²) in [7, 11) is 1.68. The number of fused-ring (bicyclic) bond motifs is 1. The molecule has 17 heavy (non-hydrogen) atoms. The van der Waals surface area contributed by atoms with Crippen molar-refractivity contribution in [3.8, 4) is 5.75 Å². The van der Waals surface area contributed by atoms with Crippen LogP contribution in [0.5, 0.6) is 5.75 Å². The van der Waals surface area contributed by atoms with Crippen LogP contribution in [0.2, 0.25) is 0 Å². The van der Waals surface area contributed by atoms with Gasteiger partial charge in [0.25, 0.3) is 0 Å². The van der Waals surface area contributed by atoms with Crippen molar-refractivity contribution in [1.82, 2.24) is 4.98 Å². The summed E-state index contributed by atoms with van der Waals surface area (Å²) in [6, 6.07) is 8.13. The van der Waals surface area contributed by atoms with E-state index < -0.39 is 0 Å². The maximum absolute atomic E-state index is 5.83. The highest BCUT2D eigenvalue weighted by Gasteiger charge is 2.25. The molecule has 1 aromatic carbocycles. The first-order valence-electron chi connectivity index (χ1n) is 5.99. The van der Waals surface area contributed by atoms with Gasteiger partial charge in [0.2, 0.25) is 0 Å². The van der Waals surface area contributed by atoms with Crippen LogP contribution in [-0.4, -0.2) is 12.1 Å². The van der Waals surface area contributed by atoms with E-state index in [1.165, 1.54) is 18.5 Å². The van der Waals surface area contributed by atoms with Gasteiger partial charge < -0.3 is 10.5 Å². The maximum Gasteiger partial charge on any atom is 0.119 e. The predicted octanol–water partition coefficient (Wildman–Crippen LogP) is 2.58. The maximum atomic E-state index is 5.83. The molecule has 0 saturated heterocycles. The monoisotopic (exact) mass is 228 g/mol. The van der Waals surface area contributed by atoms with Gasteiger partial charge in [-0.05, 0) is 42.7 Å². The van der Waals surface area contributed by atoms with E-state index in [0.29, 0.717) is 12.5 Å². The molecular formula is C14H16N2O. The van der Waals surface area contributed by atoms with Crippen LogP contribution >= 0.6 is 0 Å². The third-order valence-corrected chi connectivity index (χ3v) is 3.34. The fraction of sp³-hybridized carbons (Fsp3) is 0.357. The van der Waals surface area contributed by atoms with E-state index in [1.54, 1.807) is 7.11 Å². The van der Waals surface area contributed by atoms with Crippen molar-refractivity contribution in [2.75, 3.05) is 7.11 Å². The van der Waals surface area contributed by atoms with E-state index in [1.807, 2.05) is 18.2 Å². The Bertz CT molecular complexity index is 561. The van der Waals surface area contributed by atoms with Gasteiger partial charge in [0.15, 0.2) is 0 Å². The smallest absolute Gasteiger partial charge is 0.119 e. The molecular weight excluding hydrogens is 212 g/mol. The van der Waals surface area contributed by atoms with Gasteiger partial charge in [-0.1, -0.05) is 0 Å². The zero-order valence-corrected chi connectivity index (χ0v) is 9.94. The van der Waals surface area contributed by atoms with Gasteiger partial charge in [-0.15, -0.1) is 0 Å². The number of nitrogens with zero attached hydrogens (tertiary/aromatic N) is 1. The second-order valence-corrected chi connectivity index (χ2v) is 4.57. The van der Waals surface area contributed by atoms with Crippen LogP contribution in [0.3, 0.4) is 0 Å². The molecule has 2 aromatic rings. The molecule has 3 rings (SSSR count). The molecule has 0 atom stereocenters. The second kappa shape index (κ2) is 4.00. The van der Waals surface area contributed by atoms with E-state index in [-0.39, 0.29) is 0 Å². The standard InChI is InChI=1S/C14H16N2O/c1-17-11-4-5-13-12(7-11)10(8-15)6-14(16-13)9-2-3-9/h4-7,9H,2-3,8,15H2,1H3. The Hall–Kier alpha value is -1.61. The van der Waals surface area contributed by atoms with Gasteiger partial charge in [0.05, 0.1) is 12.6 Å². The summed E-state index contributed by atoms with van der Waals surface area (Å²) >= 11 is 0. The molecule has 0 radical (unpaired) electrons. The number of rotatable bonds is 3. The van der Waals surface area contributed by atoms with Crippen LogP contribution in [0.1, 0.15) is 30.0 Å². The average molecular weight is 228 g/mol. The molecule has 1 aliphatic rings. The van der Waals surface area contributed by atoms with Crippen LogP contribution in [0.15, 0.2) is 24.3 Å². The number of benzene rings is 1. The highest BCUT2D eigenvalue weighted by molar-refractivity contribution is 5.84. The molecule has 3 nitrogen and oxygen atoms in total. The summed E-state index contributed by atoms with van der Waals surface area (Å²) in [6.45, 7) is 0.548. The Morgan fingerprint density at radius 2 is 2.18 bits per heavy atom. The number of methoxy groups -OCH3 is 1. The fourth-order valence-electron chi connectivity index (χ4n) is 2.18. The first-order chi connectivity index (χ1) is 8.31. The lowest BCUT2D eigenvalue weighted by atomic mass is 10.1. The van der Waals surface area contributed by atoms with E-state index in [2.05, 4.69) is 6.07 Å². The normalized spacial score (nSPS) is 15.2. The molecule has 2 N–H and O–H groups in total. The number of pyridine rings is 1. The van der Waals surface area contributed by atoms with Crippen molar-refractivity contribution in [3.05, 3.63) is 35.5 Å². The average Bonchev–Trinajstić information content (AvgIpc) is 3.21. The number of ether oxygens (including phenoxy) is 1. The largest absolute Gasteiger partial charge is 0.497 e. The van der Waals surface area contributed by atoms with Crippen molar-refractivity contribution in [2.24, 2.45) is 5.73 Å². The number of hydrogen-bond acceptors (Lipinski definition) is 3. The lowest BCUT2D eigenvalue weighted by molar-refractivity contribution is 0.415. The van der Waals surface area contributed by atoms with E-state index in [9.17, 15) is 0 Å². The summed E-state index contributed by atoms with van der Waals surface area (Å²) in [5, 5.41) is 1.11. The van der Waals surface area contributed by atoms with Crippen LogP contribution < -0.4 is 10.5 Å². The number of hydrogen-bond donors (Lipinski definition) is 1. The van der Waals surface area contributed by atoms with Gasteiger partial charge in [-0.2, -0.15) is 0 Å². The minimum atomic E-state index is 0.548. The van der Waals surface area contributed by atoms with Crippen LogP contribution in [0, 0.1) is 0 Å². The predicted molar refractivity (Wildman–Crippen MR) is 68.2 cm³/mol. The quantitative estimate of drug-likeness (QED) is 0.878. The van der Waals surface area contributed by atoms with Gasteiger partial charge in [-0.3, -0.25) is 4.98 Å². The summed E-state index contributed by atoms with van der Waals surface area (Å²) in [5.41, 5.74) is 9.21. The molecule has 3 heteroatoms. The van der Waals surface area contributed by atoms with Crippen molar-refractivity contribution in [1.29, 1.82) is 0 Å². The third kappa shape index (κ3) is 1.87. The van der Waals surface area contributed by atoms with E-state index in [4.69, 9.17) is 15.5 Å². The highest BCUT2D eigenvalue weighted by Crippen LogP contribution is 2.40. The van der Waals surface area contributed by atoms with Crippen LogP contribution in [0.25, 0.3) is 10.9 Å². The summed E-state index contributed by atoms with van der Waals surface area (Å²) in [6.07, 6.45) is 2.53. The second-order valence-electron chi connectivity index (χ2n) is 4.57. The van der Waals surface area contributed by atoms with Gasteiger partial charge >= 0.3 is 0 Å². The number of aromatic nitrogens is 1. The number of nitrogens with two attached hydrogens (primary N) is 1. The minimum Gasteiger partial charge on any atom is -0.497 e. The zero-order chi connectivity index (χ0) is 11.8. The first kappa shape index (κ1) is 10.5. The van der Waals surface area contributed by atoms with Crippen molar-refractivity contribution >= 4 is 10.9 Å². The topological polar surface area (TPSA) is 48.1 Å². The van der Waals surface area contributed by atoms with Crippen molar-refractivity contribution in [3.63, 3.8) is 0 Å². The molecule has 1 heterocycles. The summed E-state index contributed by atoms with van der Waals surface area (Å²) < 4.78 is 5.24. The Morgan fingerprint density at radius 1 is 1.35 bits per heavy atom. The molecule has 0 spiro atoms. The molecule has 0 aliphatic heterocycles. The molecule has 0 bridgehead atoms. The Morgan fingerprint density at radius 3 is 2.82 bits per heavy atom. The SMILES string of the molecule is COc1ccc2nc(C3CC3)cc(CN)c2c1. The zero-order valence-electron chi connectivity index (χ0n) is 9.94. The van der Waals surface area contributed by atoms with Gasteiger partial charge in [0, 0.05) is 23.5 Å². The molecule has 88 valence electrons. The minimum absolute atomic E-state index is 0.548. The first-order valence-corrected chi connectivity index (χ1v) is 5.99. The Labute approximate surface area is 101 Å². The molecule has 1 aliphatic carbocycles.